The molecule has 19 heavy (non-hydrogen) atoms. The first-order valence-electron chi connectivity index (χ1n) is 6.94. The highest BCUT2D eigenvalue weighted by molar-refractivity contribution is 8.00. The van der Waals surface area contributed by atoms with Crippen molar-refractivity contribution >= 4 is 22.0 Å². The van der Waals surface area contributed by atoms with Crippen molar-refractivity contribution in [2.75, 3.05) is 38.5 Å². The second-order valence-corrected chi connectivity index (χ2v) is 9.76. The molecule has 0 aromatic heterocycles. The van der Waals surface area contributed by atoms with Crippen LogP contribution < -0.4 is 5.73 Å². The van der Waals surface area contributed by atoms with Crippen LogP contribution in [0.2, 0.25) is 0 Å². The first-order valence-corrected chi connectivity index (χ1v) is 9.33. The van der Waals surface area contributed by atoms with Gasteiger partial charge in [-0.05, 0) is 39.2 Å². The van der Waals surface area contributed by atoms with E-state index in [2.05, 4.69) is 13.8 Å². The van der Waals surface area contributed by atoms with Gasteiger partial charge in [-0.1, -0.05) is 0 Å². The van der Waals surface area contributed by atoms with Crippen LogP contribution in [0.5, 0.6) is 0 Å². The van der Waals surface area contributed by atoms with Crippen LogP contribution in [-0.2, 0) is 10.2 Å². The Morgan fingerprint density at radius 1 is 1.21 bits per heavy atom. The van der Waals surface area contributed by atoms with Gasteiger partial charge in [-0.2, -0.15) is 28.8 Å². The number of thioether (sulfide) groups is 1. The summed E-state index contributed by atoms with van der Waals surface area (Å²) in [6.45, 7) is 7.37. The molecule has 2 rings (SSSR count). The minimum Gasteiger partial charge on any atom is -0.330 e. The normalized spacial score (nSPS) is 27.5. The quantitative estimate of drug-likeness (QED) is 0.835. The Labute approximate surface area is 121 Å². The molecule has 0 aliphatic carbocycles. The molecule has 0 aromatic carbocycles. The molecular weight excluding hydrogens is 282 g/mol. The highest BCUT2D eigenvalue weighted by Crippen LogP contribution is 2.32. The number of hydrogen-bond donors (Lipinski definition) is 1. The number of piperidine rings is 1. The van der Waals surface area contributed by atoms with E-state index >= 15 is 0 Å². The van der Waals surface area contributed by atoms with Crippen LogP contribution in [0, 0.1) is 5.92 Å². The fraction of sp³-hybridized carbons (Fsp3) is 1.00. The molecule has 2 N–H and O–H groups in total. The van der Waals surface area contributed by atoms with Gasteiger partial charge in [-0.3, -0.25) is 0 Å². The molecule has 7 heteroatoms. The van der Waals surface area contributed by atoms with Crippen LogP contribution in [0.3, 0.4) is 0 Å². The van der Waals surface area contributed by atoms with E-state index in [-0.39, 0.29) is 4.75 Å². The average Bonchev–Trinajstić information content (AvgIpc) is 2.37. The van der Waals surface area contributed by atoms with Gasteiger partial charge in [0.15, 0.2) is 0 Å². The molecule has 112 valence electrons. The molecule has 0 spiro atoms. The summed E-state index contributed by atoms with van der Waals surface area (Å²) in [6, 6.07) is 0. The second kappa shape index (κ2) is 5.89. The predicted molar refractivity (Wildman–Crippen MR) is 80.4 cm³/mol. The smallest absolute Gasteiger partial charge is 0.282 e. The number of nitrogens with zero attached hydrogens (tertiary/aromatic N) is 2. The second-order valence-electron chi connectivity index (χ2n) is 6.03. The van der Waals surface area contributed by atoms with Gasteiger partial charge in [-0.15, -0.1) is 0 Å². The molecule has 2 fully saturated rings. The van der Waals surface area contributed by atoms with Gasteiger partial charge >= 0.3 is 0 Å². The van der Waals surface area contributed by atoms with Crippen LogP contribution in [0.1, 0.15) is 26.7 Å². The monoisotopic (exact) mass is 307 g/mol. The summed E-state index contributed by atoms with van der Waals surface area (Å²) in [7, 11) is -3.28. The number of nitrogens with two attached hydrogens (primary N) is 1. The van der Waals surface area contributed by atoms with Crippen molar-refractivity contribution in [2.45, 2.75) is 31.4 Å². The van der Waals surface area contributed by atoms with Crippen molar-refractivity contribution in [3.05, 3.63) is 0 Å². The zero-order valence-electron chi connectivity index (χ0n) is 11.8. The fourth-order valence-electron chi connectivity index (χ4n) is 2.71. The third-order valence-corrected chi connectivity index (χ3v) is 7.23. The lowest BCUT2D eigenvalue weighted by molar-refractivity contribution is 0.254. The highest BCUT2D eigenvalue weighted by atomic mass is 32.2. The highest BCUT2D eigenvalue weighted by Gasteiger charge is 2.38. The summed E-state index contributed by atoms with van der Waals surface area (Å²) >= 11 is 1.85. The molecule has 0 bridgehead atoms. The topological polar surface area (TPSA) is 66.6 Å². The summed E-state index contributed by atoms with van der Waals surface area (Å²) in [4.78, 5) is 0. The predicted octanol–water partition coefficient (Wildman–Crippen LogP) is 0.729. The maximum absolute atomic E-state index is 12.6. The molecule has 0 aromatic rings. The molecule has 5 nitrogen and oxygen atoms in total. The summed E-state index contributed by atoms with van der Waals surface area (Å²) in [5, 5.41) is 0. The molecule has 2 aliphatic heterocycles. The van der Waals surface area contributed by atoms with Crippen molar-refractivity contribution in [1.82, 2.24) is 8.61 Å². The van der Waals surface area contributed by atoms with Gasteiger partial charge < -0.3 is 5.73 Å². The van der Waals surface area contributed by atoms with E-state index in [0.29, 0.717) is 38.6 Å². The standard InChI is InChI=1S/C12H25N3O2S2/c1-12(2)10-15(7-8-18-12)19(16,17)14-5-3-11(9-13)4-6-14/h11H,3-10,13H2,1-2H3. The van der Waals surface area contributed by atoms with Gasteiger partial charge in [0.2, 0.25) is 0 Å². The van der Waals surface area contributed by atoms with Crippen LogP contribution in [0.15, 0.2) is 0 Å². The lowest BCUT2D eigenvalue weighted by Crippen LogP contribution is -2.53. The van der Waals surface area contributed by atoms with Gasteiger partial charge in [0.05, 0.1) is 0 Å². The van der Waals surface area contributed by atoms with E-state index in [1.165, 1.54) is 0 Å². The Balaban J connectivity index is 2.02. The van der Waals surface area contributed by atoms with E-state index in [9.17, 15) is 8.42 Å². The first-order chi connectivity index (χ1) is 8.85. The molecule has 2 saturated heterocycles. The summed E-state index contributed by atoms with van der Waals surface area (Å²) in [5.74, 6) is 1.37. The zero-order valence-corrected chi connectivity index (χ0v) is 13.5. The Hall–Kier alpha value is 0.180. The van der Waals surface area contributed by atoms with Crippen LogP contribution in [0.4, 0.5) is 0 Å². The molecule has 0 atom stereocenters. The summed E-state index contributed by atoms with van der Waals surface area (Å²) < 4.78 is 28.6. The maximum Gasteiger partial charge on any atom is 0.282 e. The van der Waals surface area contributed by atoms with Crippen LogP contribution >= 0.6 is 11.8 Å². The van der Waals surface area contributed by atoms with E-state index in [0.717, 1.165) is 18.6 Å². The van der Waals surface area contributed by atoms with Crippen molar-refractivity contribution in [3.63, 3.8) is 0 Å². The van der Waals surface area contributed by atoms with Crippen LogP contribution in [-0.4, -0.2) is 60.3 Å². The average molecular weight is 307 g/mol. The lowest BCUT2D eigenvalue weighted by atomic mass is 9.99. The minimum absolute atomic E-state index is 0.0148. The minimum atomic E-state index is -3.28. The molecule has 2 heterocycles. The molecule has 0 amide bonds. The first kappa shape index (κ1) is 15.6. The summed E-state index contributed by atoms with van der Waals surface area (Å²) in [6.07, 6.45) is 1.78. The Bertz CT molecular complexity index is 403. The van der Waals surface area contributed by atoms with E-state index in [4.69, 9.17) is 5.73 Å². The van der Waals surface area contributed by atoms with E-state index in [1.54, 1.807) is 8.61 Å². The summed E-state index contributed by atoms with van der Waals surface area (Å²) in [5.41, 5.74) is 5.65. The third kappa shape index (κ3) is 3.64. The largest absolute Gasteiger partial charge is 0.330 e. The zero-order chi connectivity index (χ0) is 14.1. The third-order valence-electron chi connectivity index (χ3n) is 3.95. The Kier molecular flexibility index (Phi) is 4.83. The molecular formula is C12H25N3O2S2. The SMILES string of the molecule is CC1(C)CN(S(=O)(=O)N2CCC(CN)CC2)CCS1. The van der Waals surface area contributed by atoms with E-state index < -0.39 is 10.2 Å². The van der Waals surface area contributed by atoms with E-state index in [1.807, 2.05) is 11.8 Å². The lowest BCUT2D eigenvalue weighted by Gasteiger charge is -2.40. The van der Waals surface area contributed by atoms with Gasteiger partial charge in [-0.25, -0.2) is 0 Å². The maximum atomic E-state index is 12.6. The molecule has 2 aliphatic rings. The van der Waals surface area contributed by atoms with Gasteiger partial charge in [0, 0.05) is 36.7 Å². The van der Waals surface area contributed by atoms with Crippen molar-refractivity contribution < 1.29 is 8.42 Å². The van der Waals surface area contributed by atoms with Crippen molar-refractivity contribution in [3.8, 4) is 0 Å². The molecule has 0 radical (unpaired) electrons. The van der Waals surface area contributed by atoms with Gasteiger partial charge in [0.25, 0.3) is 10.2 Å². The number of rotatable bonds is 3. The molecule has 0 saturated carbocycles. The Morgan fingerprint density at radius 2 is 1.84 bits per heavy atom. The van der Waals surface area contributed by atoms with Crippen molar-refractivity contribution in [2.24, 2.45) is 11.7 Å². The number of hydrogen-bond acceptors (Lipinski definition) is 4. The van der Waals surface area contributed by atoms with Gasteiger partial charge in [0.1, 0.15) is 0 Å². The molecule has 0 unspecified atom stereocenters. The fourth-order valence-corrected chi connectivity index (χ4v) is 5.82. The Morgan fingerprint density at radius 3 is 2.37 bits per heavy atom. The van der Waals surface area contributed by atoms with Crippen molar-refractivity contribution in [1.29, 1.82) is 0 Å². The van der Waals surface area contributed by atoms with Crippen LogP contribution in [0.25, 0.3) is 0 Å².